The van der Waals surface area contributed by atoms with Gasteiger partial charge in [0.1, 0.15) is 13.1 Å². The molecule has 2 aromatic carbocycles. The highest BCUT2D eigenvalue weighted by atomic mass is 35.5. The van der Waals surface area contributed by atoms with Crippen LogP contribution in [0.2, 0.25) is 5.02 Å². The fraction of sp³-hybridized carbons (Fsp3) is 0.500. The largest absolute Gasteiger partial charge is 0.373 e. The van der Waals surface area contributed by atoms with Crippen LogP contribution in [0.3, 0.4) is 0 Å². The fourth-order valence-corrected chi connectivity index (χ4v) is 5.09. The Morgan fingerprint density at radius 1 is 0.935 bits per heavy atom. The van der Waals surface area contributed by atoms with E-state index in [1.54, 1.807) is 0 Å². The molecule has 1 aliphatic heterocycles. The Hall–Kier alpha value is -1.79. The van der Waals surface area contributed by atoms with Crippen LogP contribution in [0.4, 0.5) is 0 Å². The lowest BCUT2D eigenvalue weighted by Gasteiger charge is -2.42. The summed E-state index contributed by atoms with van der Waals surface area (Å²) < 4.78 is 0.927. The summed E-state index contributed by atoms with van der Waals surface area (Å²) in [4.78, 5) is 0. The Morgan fingerprint density at radius 3 is 2.16 bits per heavy atom. The van der Waals surface area contributed by atoms with E-state index in [1.165, 1.54) is 24.8 Å². The molecule has 0 spiro atoms. The van der Waals surface area contributed by atoms with Crippen molar-refractivity contribution in [2.75, 3.05) is 19.6 Å². The molecule has 1 atom stereocenters. The van der Waals surface area contributed by atoms with Gasteiger partial charge in [0.2, 0.25) is 0 Å². The third kappa shape index (κ3) is 5.17. The van der Waals surface area contributed by atoms with Gasteiger partial charge >= 0.3 is 0 Å². The number of likely N-dealkylation sites (tertiary alicyclic amines) is 1. The van der Waals surface area contributed by atoms with Crippen LogP contribution in [0.25, 0.3) is 0 Å². The number of aliphatic hydroxyl groups is 1. The first kappa shape index (κ1) is 23.9. The summed E-state index contributed by atoms with van der Waals surface area (Å²) in [5.74, 6) is 6.86. The molecule has 1 saturated heterocycles. The molecule has 1 aliphatic rings. The molecular formula is C28H37ClNO+. The van der Waals surface area contributed by atoms with Gasteiger partial charge in [-0.3, -0.25) is 0 Å². The summed E-state index contributed by atoms with van der Waals surface area (Å²) in [6.45, 7) is 10.3. The molecule has 0 radical (unpaired) electrons. The van der Waals surface area contributed by atoms with Crippen LogP contribution in [0, 0.1) is 17.3 Å². The van der Waals surface area contributed by atoms with Gasteiger partial charge < -0.3 is 9.59 Å². The SMILES string of the molecule is CCC(C)(CC)[C@@](O)(C#CC[N+]1(Cc2ccccc2Cl)CCCCC1)c1ccccc1. The van der Waals surface area contributed by atoms with Crippen LogP contribution in [0.1, 0.15) is 64.0 Å². The number of piperidine rings is 1. The zero-order valence-electron chi connectivity index (χ0n) is 19.3. The highest BCUT2D eigenvalue weighted by Gasteiger charge is 2.45. The van der Waals surface area contributed by atoms with Gasteiger partial charge in [0, 0.05) is 16.0 Å². The van der Waals surface area contributed by atoms with Crippen molar-refractivity contribution in [3.05, 3.63) is 70.7 Å². The minimum atomic E-state index is -1.16. The van der Waals surface area contributed by atoms with Crippen LogP contribution in [-0.4, -0.2) is 29.2 Å². The topological polar surface area (TPSA) is 20.2 Å². The van der Waals surface area contributed by atoms with Gasteiger partial charge in [-0.1, -0.05) is 86.8 Å². The Morgan fingerprint density at radius 2 is 1.55 bits per heavy atom. The first-order valence-electron chi connectivity index (χ1n) is 11.7. The average Bonchev–Trinajstić information content (AvgIpc) is 2.81. The maximum absolute atomic E-state index is 11.9. The van der Waals surface area contributed by atoms with E-state index in [0.717, 1.165) is 54.1 Å². The van der Waals surface area contributed by atoms with Gasteiger partial charge in [0.15, 0.2) is 5.60 Å². The molecule has 0 aliphatic carbocycles. The molecule has 0 amide bonds. The van der Waals surface area contributed by atoms with E-state index in [4.69, 9.17) is 11.6 Å². The van der Waals surface area contributed by atoms with E-state index in [9.17, 15) is 5.11 Å². The number of nitrogens with zero attached hydrogens (tertiary/aromatic N) is 1. The summed E-state index contributed by atoms with van der Waals surface area (Å²) in [6.07, 6.45) is 5.45. The highest BCUT2D eigenvalue weighted by molar-refractivity contribution is 6.31. The molecule has 31 heavy (non-hydrogen) atoms. The second-order valence-corrected chi connectivity index (χ2v) is 9.81. The number of halogens is 1. The Kier molecular flexibility index (Phi) is 7.87. The predicted octanol–water partition coefficient (Wildman–Crippen LogP) is 6.56. The van der Waals surface area contributed by atoms with E-state index < -0.39 is 5.60 Å². The van der Waals surface area contributed by atoms with Gasteiger partial charge in [-0.25, -0.2) is 0 Å². The summed E-state index contributed by atoms with van der Waals surface area (Å²) in [6, 6.07) is 18.1. The van der Waals surface area contributed by atoms with Crippen LogP contribution in [0.15, 0.2) is 54.6 Å². The highest BCUT2D eigenvalue weighted by Crippen LogP contribution is 2.44. The molecular weight excluding hydrogens is 402 g/mol. The molecule has 2 nitrogen and oxygen atoms in total. The molecule has 1 N–H and O–H groups in total. The normalized spacial score (nSPS) is 18.0. The summed E-state index contributed by atoms with van der Waals surface area (Å²) in [7, 11) is 0. The van der Waals surface area contributed by atoms with Crippen molar-refractivity contribution in [2.24, 2.45) is 5.41 Å². The van der Waals surface area contributed by atoms with Crippen LogP contribution < -0.4 is 0 Å². The third-order valence-corrected chi connectivity index (χ3v) is 7.91. The third-order valence-electron chi connectivity index (χ3n) is 7.54. The predicted molar refractivity (Wildman–Crippen MR) is 131 cm³/mol. The maximum Gasteiger partial charge on any atom is 0.156 e. The van der Waals surface area contributed by atoms with E-state index >= 15 is 0 Å². The summed E-state index contributed by atoms with van der Waals surface area (Å²) >= 11 is 6.50. The standard InChI is InChI=1S/C28H37ClNO/c1-4-27(3,5-2)28(31,25-16-8-6-9-17-25)19-14-22-30(20-12-7-13-21-30)23-24-15-10-11-18-26(24)29/h6,8-11,15-18,31H,4-5,7,12-13,20-23H2,1-3H3/q+1/t28-/m1/s1. The van der Waals surface area contributed by atoms with Gasteiger partial charge in [0.05, 0.1) is 13.1 Å². The molecule has 1 fully saturated rings. The van der Waals surface area contributed by atoms with E-state index in [0.29, 0.717) is 0 Å². The smallest absolute Gasteiger partial charge is 0.156 e. The first-order chi connectivity index (χ1) is 14.9. The van der Waals surface area contributed by atoms with Crippen molar-refractivity contribution < 1.29 is 9.59 Å². The molecule has 1 heterocycles. The Labute approximate surface area is 193 Å². The van der Waals surface area contributed by atoms with Crippen molar-refractivity contribution >= 4 is 11.6 Å². The fourth-order valence-electron chi connectivity index (χ4n) is 4.89. The van der Waals surface area contributed by atoms with Crippen LogP contribution >= 0.6 is 11.6 Å². The number of benzene rings is 2. The van der Waals surface area contributed by atoms with Crippen molar-refractivity contribution in [3.63, 3.8) is 0 Å². The van der Waals surface area contributed by atoms with Gasteiger partial charge in [-0.05, 0) is 49.7 Å². The quantitative estimate of drug-likeness (QED) is 0.383. The lowest BCUT2D eigenvalue weighted by atomic mass is 9.66. The minimum Gasteiger partial charge on any atom is -0.373 e. The van der Waals surface area contributed by atoms with Crippen molar-refractivity contribution in [1.29, 1.82) is 0 Å². The van der Waals surface area contributed by atoms with E-state index in [1.807, 2.05) is 42.5 Å². The second-order valence-electron chi connectivity index (χ2n) is 9.40. The van der Waals surface area contributed by atoms with Crippen molar-refractivity contribution in [3.8, 4) is 11.8 Å². The monoisotopic (exact) mass is 438 g/mol. The Bertz CT molecular complexity index is 903. The summed E-state index contributed by atoms with van der Waals surface area (Å²) in [5, 5.41) is 12.8. The molecule has 166 valence electrons. The molecule has 3 rings (SSSR count). The molecule has 0 bridgehead atoms. The lowest BCUT2D eigenvalue weighted by molar-refractivity contribution is -0.938. The van der Waals surface area contributed by atoms with E-state index in [2.05, 4.69) is 44.7 Å². The number of quaternary nitrogens is 1. The molecule has 0 saturated carbocycles. The first-order valence-corrected chi connectivity index (χ1v) is 12.1. The Balaban J connectivity index is 1.94. The number of hydrogen-bond donors (Lipinski definition) is 1. The average molecular weight is 439 g/mol. The van der Waals surface area contributed by atoms with Crippen molar-refractivity contribution in [2.45, 2.75) is 65.0 Å². The summed E-state index contributed by atoms with van der Waals surface area (Å²) in [5.41, 5.74) is 0.613. The van der Waals surface area contributed by atoms with Gasteiger partial charge in [-0.15, -0.1) is 0 Å². The van der Waals surface area contributed by atoms with Gasteiger partial charge in [-0.2, -0.15) is 0 Å². The van der Waals surface area contributed by atoms with E-state index in [-0.39, 0.29) is 5.41 Å². The minimum absolute atomic E-state index is 0.309. The van der Waals surface area contributed by atoms with Crippen LogP contribution in [0.5, 0.6) is 0 Å². The lowest BCUT2D eigenvalue weighted by Crippen LogP contribution is -2.51. The zero-order valence-corrected chi connectivity index (χ0v) is 20.1. The number of hydrogen-bond acceptors (Lipinski definition) is 1. The molecule has 2 aromatic rings. The van der Waals surface area contributed by atoms with Crippen LogP contribution in [-0.2, 0) is 12.1 Å². The zero-order chi connectivity index (χ0) is 22.4. The van der Waals surface area contributed by atoms with Gasteiger partial charge in [0.25, 0.3) is 0 Å². The molecule has 3 heteroatoms. The molecule has 0 unspecified atom stereocenters. The maximum atomic E-state index is 11.9. The van der Waals surface area contributed by atoms with Crippen molar-refractivity contribution in [1.82, 2.24) is 0 Å². The number of rotatable bonds is 7. The molecule has 0 aromatic heterocycles. The second kappa shape index (κ2) is 10.2.